The van der Waals surface area contributed by atoms with E-state index in [9.17, 15) is 14.4 Å². The number of Topliss-reactive ketones (excluding diaryl/α,β-unsaturated/α-hetero) is 1. The monoisotopic (exact) mass is 211 g/mol. The van der Waals surface area contributed by atoms with Gasteiger partial charge in [0, 0.05) is 5.92 Å². The molecule has 1 rings (SSSR count). The maximum Gasteiger partial charge on any atom is 0.334 e. The van der Waals surface area contributed by atoms with Crippen LogP contribution in [0.1, 0.15) is 19.8 Å². The number of ether oxygens (including phenoxy) is 1. The van der Waals surface area contributed by atoms with E-state index in [-0.39, 0.29) is 11.7 Å². The fourth-order valence-corrected chi connectivity index (χ4v) is 1.27. The normalized spacial score (nSPS) is 28.0. The molecule has 15 heavy (non-hydrogen) atoms. The Morgan fingerprint density at radius 1 is 1.60 bits per heavy atom. The first-order chi connectivity index (χ1) is 6.90. The number of hydrogen-bond donors (Lipinski definition) is 1. The van der Waals surface area contributed by atoms with E-state index in [1.165, 1.54) is 6.92 Å². The minimum absolute atomic E-state index is 0.143. The highest BCUT2D eigenvalue weighted by Gasteiger charge is 2.57. The van der Waals surface area contributed by atoms with E-state index in [4.69, 9.17) is 5.73 Å². The van der Waals surface area contributed by atoms with Crippen LogP contribution >= 0.6 is 0 Å². The van der Waals surface area contributed by atoms with E-state index < -0.39 is 23.9 Å². The predicted octanol–water partition coefficient (Wildman–Crippen LogP) is -0.0613. The average molecular weight is 211 g/mol. The summed E-state index contributed by atoms with van der Waals surface area (Å²) in [6.07, 6.45) is 1.58. The number of esters is 2. The second-order valence-electron chi connectivity index (χ2n) is 3.73. The Balaban J connectivity index is 2.47. The third kappa shape index (κ3) is 2.50. The van der Waals surface area contributed by atoms with Gasteiger partial charge in [-0.3, -0.25) is 9.59 Å². The van der Waals surface area contributed by atoms with Gasteiger partial charge in [0.15, 0.2) is 0 Å². The fourth-order valence-electron chi connectivity index (χ4n) is 1.27. The van der Waals surface area contributed by atoms with Crippen LogP contribution in [-0.4, -0.2) is 23.3 Å². The van der Waals surface area contributed by atoms with E-state index in [1.54, 1.807) is 6.08 Å². The number of carbonyl (C=O) groups excluding carboxylic acids is 3. The fraction of sp³-hybridized carbons (Fsp3) is 0.500. The van der Waals surface area contributed by atoms with E-state index in [2.05, 4.69) is 11.3 Å². The molecule has 0 aromatic heterocycles. The molecule has 82 valence electrons. The second kappa shape index (κ2) is 3.94. The Labute approximate surface area is 87.3 Å². The van der Waals surface area contributed by atoms with Gasteiger partial charge in [0.25, 0.3) is 0 Å². The van der Waals surface area contributed by atoms with Crippen molar-refractivity contribution in [1.82, 2.24) is 0 Å². The summed E-state index contributed by atoms with van der Waals surface area (Å²) in [4.78, 5) is 32.9. The number of rotatable bonds is 4. The average Bonchev–Trinajstić information content (AvgIpc) is 2.77. The lowest BCUT2D eigenvalue weighted by molar-refractivity contribution is -0.161. The zero-order valence-corrected chi connectivity index (χ0v) is 8.49. The van der Waals surface area contributed by atoms with E-state index in [0.717, 1.165) is 0 Å². The number of hydrogen-bond acceptors (Lipinski definition) is 5. The smallest absolute Gasteiger partial charge is 0.334 e. The minimum Gasteiger partial charge on any atom is -0.391 e. The van der Waals surface area contributed by atoms with Gasteiger partial charge in [-0.25, -0.2) is 4.79 Å². The van der Waals surface area contributed by atoms with Gasteiger partial charge >= 0.3 is 11.9 Å². The zero-order chi connectivity index (χ0) is 11.6. The first kappa shape index (κ1) is 11.6. The quantitative estimate of drug-likeness (QED) is 0.400. The van der Waals surface area contributed by atoms with E-state index >= 15 is 0 Å². The summed E-state index contributed by atoms with van der Waals surface area (Å²) in [6, 6.07) is 0. The molecule has 1 fully saturated rings. The van der Waals surface area contributed by atoms with Crippen molar-refractivity contribution in [1.29, 1.82) is 0 Å². The molecule has 0 aliphatic heterocycles. The van der Waals surface area contributed by atoms with Crippen molar-refractivity contribution in [3.63, 3.8) is 0 Å². The largest absolute Gasteiger partial charge is 0.391 e. The van der Waals surface area contributed by atoms with Crippen LogP contribution in [0.25, 0.3) is 0 Å². The molecule has 1 saturated carbocycles. The predicted molar refractivity (Wildman–Crippen MR) is 51.6 cm³/mol. The van der Waals surface area contributed by atoms with Crippen molar-refractivity contribution in [2.45, 2.75) is 25.3 Å². The molecule has 0 aromatic rings. The first-order valence-electron chi connectivity index (χ1n) is 4.56. The molecule has 5 nitrogen and oxygen atoms in total. The topological polar surface area (TPSA) is 86.5 Å². The van der Waals surface area contributed by atoms with Gasteiger partial charge < -0.3 is 10.5 Å². The Hall–Kier alpha value is -1.49. The lowest BCUT2D eigenvalue weighted by Gasteiger charge is -2.07. The van der Waals surface area contributed by atoms with Gasteiger partial charge in [-0.05, 0) is 13.3 Å². The molecule has 2 atom stereocenters. The molecule has 0 saturated heterocycles. The Kier molecular flexibility index (Phi) is 3.04. The minimum atomic E-state index is -1.12. The molecule has 0 spiro atoms. The van der Waals surface area contributed by atoms with Gasteiger partial charge in [0.05, 0.1) is 0 Å². The molecule has 1 aliphatic carbocycles. The van der Waals surface area contributed by atoms with Crippen LogP contribution in [0, 0.1) is 5.92 Å². The van der Waals surface area contributed by atoms with Crippen LogP contribution in [0.15, 0.2) is 12.7 Å². The van der Waals surface area contributed by atoms with Gasteiger partial charge in [-0.2, -0.15) is 0 Å². The molecule has 0 radical (unpaired) electrons. The molecular weight excluding hydrogens is 198 g/mol. The number of nitrogens with two attached hydrogens (primary N) is 1. The standard InChI is InChI=1S/C10H13NO4/c1-3-7-5-10(7,11)9(14)15-8(13)4-6(2)12/h3,7H,1,4-5,11H2,2H3. The highest BCUT2D eigenvalue weighted by Crippen LogP contribution is 2.42. The lowest BCUT2D eigenvalue weighted by atomic mass is 10.2. The Morgan fingerprint density at radius 2 is 2.20 bits per heavy atom. The van der Waals surface area contributed by atoms with Crippen LogP contribution in [-0.2, 0) is 19.1 Å². The van der Waals surface area contributed by atoms with Crippen molar-refractivity contribution in [3.05, 3.63) is 12.7 Å². The van der Waals surface area contributed by atoms with E-state index in [0.29, 0.717) is 6.42 Å². The maximum absolute atomic E-state index is 11.4. The Bertz CT molecular complexity index is 336. The number of carbonyl (C=O) groups is 3. The van der Waals surface area contributed by atoms with Crippen molar-refractivity contribution in [3.8, 4) is 0 Å². The van der Waals surface area contributed by atoms with Crippen molar-refractivity contribution < 1.29 is 19.1 Å². The summed E-state index contributed by atoms with van der Waals surface area (Å²) in [7, 11) is 0. The third-order valence-electron chi connectivity index (χ3n) is 2.32. The van der Waals surface area contributed by atoms with Crippen molar-refractivity contribution in [2.75, 3.05) is 0 Å². The SMILES string of the molecule is C=CC1CC1(N)C(=O)OC(=O)CC(C)=O. The van der Waals surface area contributed by atoms with Crippen molar-refractivity contribution in [2.24, 2.45) is 11.7 Å². The van der Waals surface area contributed by atoms with Crippen molar-refractivity contribution >= 4 is 17.7 Å². The summed E-state index contributed by atoms with van der Waals surface area (Å²) in [5.74, 6) is -2.13. The van der Waals surface area contributed by atoms with Crippen LogP contribution < -0.4 is 5.73 Å². The van der Waals surface area contributed by atoms with Gasteiger partial charge in [-0.1, -0.05) is 6.08 Å². The summed E-state index contributed by atoms with van der Waals surface area (Å²) in [5.41, 5.74) is 4.52. The zero-order valence-electron chi connectivity index (χ0n) is 8.49. The molecule has 0 heterocycles. The molecule has 1 aliphatic rings. The highest BCUT2D eigenvalue weighted by molar-refractivity contribution is 6.00. The van der Waals surface area contributed by atoms with Crippen LogP contribution in [0.3, 0.4) is 0 Å². The van der Waals surface area contributed by atoms with E-state index in [1.807, 2.05) is 0 Å². The van der Waals surface area contributed by atoms with Gasteiger partial charge in [-0.15, -0.1) is 6.58 Å². The summed E-state index contributed by atoms with van der Waals surface area (Å²) >= 11 is 0. The van der Waals surface area contributed by atoms with Crippen LogP contribution in [0.2, 0.25) is 0 Å². The number of ketones is 1. The van der Waals surface area contributed by atoms with Gasteiger partial charge in [0.1, 0.15) is 17.7 Å². The summed E-state index contributed by atoms with van der Waals surface area (Å²) < 4.78 is 4.45. The Morgan fingerprint density at radius 3 is 2.60 bits per heavy atom. The van der Waals surface area contributed by atoms with Crippen LogP contribution in [0.5, 0.6) is 0 Å². The van der Waals surface area contributed by atoms with Gasteiger partial charge in [0.2, 0.25) is 0 Å². The molecule has 2 N–H and O–H groups in total. The summed E-state index contributed by atoms with van der Waals surface area (Å²) in [5, 5.41) is 0. The third-order valence-corrected chi connectivity index (χ3v) is 2.32. The molecular formula is C10H13NO4. The summed E-state index contributed by atoms with van der Waals surface area (Å²) in [6.45, 7) is 4.74. The lowest BCUT2D eigenvalue weighted by Crippen LogP contribution is -2.38. The maximum atomic E-state index is 11.4. The molecule has 0 aromatic carbocycles. The first-order valence-corrected chi connectivity index (χ1v) is 4.56. The molecule has 0 bridgehead atoms. The highest BCUT2D eigenvalue weighted by atomic mass is 16.6. The molecule has 2 unspecified atom stereocenters. The molecule has 0 amide bonds. The molecule has 5 heteroatoms. The second-order valence-corrected chi connectivity index (χ2v) is 3.73. The van der Waals surface area contributed by atoms with Crippen LogP contribution in [0.4, 0.5) is 0 Å².